The average molecular weight is 392 g/mol. The topological polar surface area (TPSA) is 129 Å². The zero-order valence-corrected chi connectivity index (χ0v) is 15.0. The van der Waals surface area contributed by atoms with Gasteiger partial charge in [-0.1, -0.05) is 6.07 Å². The number of rotatable bonds is 6. The molecule has 0 fully saturated rings. The molecule has 2 amide bonds. The molecule has 2 aromatic carbocycles. The minimum atomic E-state index is -0.386. The summed E-state index contributed by atoms with van der Waals surface area (Å²) < 4.78 is 10.5. The third kappa shape index (κ3) is 4.35. The number of furan rings is 1. The zero-order chi connectivity index (χ0) is 20.2. The molecule has 0 aliphatic rings. The number of imidazole rings is 1. The molecule has 9 heteroatoms. The van der Waals surface area contributed by atoms with E-state index in [9.17, 15) is 14.4 Å². The maximum absolute atomic E-state index is 12.1. The molecular formula is C20H16N4O5. The minimum absolute atomic E-state index is 0.191. The summed E-state index contributed by atoms with van der Waals surface area (Å²) in [6, 6.07) is 14.9. The van der Waals surface area contributed by atoms with Crippen LogP contribution in [0, 0.1) is 0 Å². The lowest BCUT2D eigenvalue weighted by Crippen LogP contribution is -2.20. The van der Waals surface area contributed by atoms with Gasteiger partial charge in [-0.25, -0.2) is 4.79 Å². The summed E-state index contributed by atoms with van der Waals surface area (Å²) >= 11 is 0. The lowest BCUT2D eigenvalue weighted by molar-refractivity contribution is -0.118. The summed E-state index contributed by atoms with van der Waals surface area (Å²) in [5, 5.41) is 5.38. The van der Waals surface area contributed by atoms with E-state index < -0.39 is 0 Å². The summed E-state index contributed by atoms with van der Waals surface area (Å²) in [5.41, 5.74) is 1.96. The van der Waals surface area contributed by atoms with Crippen LogP contribution in [0.25, 0.3) is 11.0 Å². The number of ether oxygens (including phenoxy) is 1. The first-order valence-electron chi connectivity index (χ1n) is 8.66. The van der Waals surface area contributed by atoms with Gasteiger partial charge in [-0.05, 0) is 42.5 Å². The highest BCUT2D eigenvalue weighted by Gasteiger charge is 2.10. The van der Waals surface area contributed by atoms with Crippen LogP contribution in [0.4, 0.5) is 11.4 Å². The zero-order valence-electron chi connectivity index (χ0n) is 15.0. The first-order valence-corrected chi connectivity index (χ1v) is 8.66. The second kappa shape index (κ2) is 7.77. The van der Waals surface area contributed by atoms with Crippen LogP contribution in [0.5, 0.6) is 5.75 Å². The van der Waals surface area contributed by atoms with Crippen LogP contribution < -0.4 is 21.1 Å². The number of hydrogen-bond acceptors (Lipinski definition) is 5. The van der Waals surface area contributed by atoms with Gasteiger partial charge in [0.2, 0.25) is 0 Å². The van der Waals surface area contributed by atoms with Crippen molar-refractivity contribution in [1.29, 1.82) is 0 Å². The minimum Gasteiger partial charge on any atom is -0.484 e. The Hall–Kier alpha value is -4.27. The van der Waals surface area contributed by atoms with Crippen LogP contribution in [0.3, 0.4) is 0 Å². The van der Waals surface area contributed by atoms with Gasteiger partial charge in [0.15, 0.2) is 12.4 Å². The Balaban J connectivity index is 1.34. The quantitative estimate of drug-likeness (QED) is 0.401. The van der Waals surface area contributed by atoms with Crippen molar-refractivity contribution in [1.82, 2.24) is 9.97 Å². The van der Waals surface area contributed by atoms with Crippen LogP contribution in [0.15, 0.2) is 70.1 Å². The van der Waals surface area contributed by atoms with Crippen molar-refractivity contribution in [2.24, 2.45) is 0 Å². The molecule has 0 atom stereocenters. The number of carbonyl (C=O) groups is 2. The highest BCUT2D eigenvalue weighted by Crippen LogP contribution is 2.19. The second-order valence-electron chi connectivity index (χ2n) is 6.14. The molecule has 4 aromatic rings. The third-order valence-electron chi connectivity index (χ3n) is 4.01. The van der Waals surface area contributed by atoms with E-state index >= 15 is 0 Å². The van der Waals surface area contributed by atoms with Crippen LogP contribution in [0.2, 0.25) is 0 Å². The van der Waals surface area contributed by atoms with Gasteiger partial charge in [0, 0.05) is 17.4 Å². The van der Waals surface area contributed by atoms with E-state index in [1.54, 1.807) is 54.6 Å². The van der Waals surface area contributed by atoms with E-state index in [1.165, 1.54) is 6.26 Å². The van der Waals surface area contributed by atoms with Gasteiger partial charge in [-0.2, -0.15) is 0 Å². The average Bonchev–Trinajstić information content (AvgIpc) is 3.35. The maximum Gasteiger partial charge on any atom is 0.323 e. The van der Waals surface area contributed by atoms with E-state index in [2.05, 4.69) is 20.6 Å². The number of fused-ring (bicyclic) bond motifs is 1. The standard InChI is InChI=1S/C20H16N4O5/c25-18(21-13-6-7-15-16(10-13)24-20(27)23-15)11-29-14-4-1-3-12(9-14)22-19(26)17-5-2-8-28-17/h1-10H,11H2,(H,21,25)(H,22,26)(H2,23,24,27). The van der Waals surface area contributed by atoms with Crippen LogP contribution in [0.1, 0.15) is 10.6 Å². The number of anilines is 2. The number of aromatic amines is 2. The van der Waals surface area contributed by atoms with Gasteiger partial charge in [0.25, 0.3) is 11.8 Å². The fourth-order valence-corrected chi connectivity index (χ4v) is 2.72. The molecule has 0 radical (unpaired) electrons. The predicted molar refractivity (Wildman–Crippen MR) is 106 cm³/mol. The lowest BCUT2D eigenvalue weighted by atomic mass is 10.2. The molecule has 29 heavy (non-hydrogen) atoms. The number of amides is 2. The summed E-state index contributed by atoms with van der Waals surface area (Å²) in [6.07, 6.45) is 1.42. The van der Waals surface area contributed by atoms with Crippen molar-refractivity contribution < 1.29 is 18.7 Å². The molecule has 4 rings (SSSR count). The number of H-pyrrole nitrogens is 2. The SMILES string of the molecule is O=C(COc1cccc(NC(=O)c2ccco2)c1)Nc1ccc2[nH]c(=O)[nH]c2c1. The van der Waals surface area contributed by atoms with Crippen molar-refractivity contribution in [2.45, 2.75) is 0 Å². The normalized spacial score (nSPS) is 10.6. The van der Waals surface area contributed by atoms with Gasteiger partial charge in [-0.15, -0.1) is 0 Å². The van der Waals surface area contributed by atoms with Crippen molar-refractivity contribution in [2.75, 3.05) is 17.2 Å². The molecule has 0 bridgehead atoms. The summed E-state index contributed by atoms with van der Waals surface area (Å²) in [7, 11) is 0. The molecule has 2 aromatic heterocycles. The van der Waals surface area contributed by atoms with Gasteiger partial charge < -0.3 is 29.8 Å². The Bertz CT molecular complexity index is 1220. The molecule has 0 aliphatic carbocycles. The Kier molecular flexibility index (Phi) is 4.85. The molecule has 0 spiro atoms. The second-order valence-corrected chi connectivity index (χ2v) is 6.14. The van der Waals surface area contributed by atoms with Gasteiger partial charge in [0.05, 0.1) is 17.3 Å². The Labute approximate surface area is 163 Å². The van der Waals surface area contributed by atoms with Crippen molar-refractivity contribution in [3.63, 3.8) is 0 Å². The Morgan fingerprint density at radius 2 is 1.76 bits per heavy atom. The smallest absolute Gasteiger partial charge is 0.323 e. The largest absolute Gasteiger partial charge is 0.484 e. The maximum atomic E-state index is 12.1. The van der Waals surface area contributed by atoms with Crippen LogP contribution >= 0.6 is 0 Å². The summed E-state index contributed by atoms with van der Waals surface area (Å²) in [5.74, 6) is -0.144. The lowest BCUT2D eigenvalue weighted by Gasteiger charge is -2.09. The first-order chi connectivity index (χ1) is 14.1. The molecule has 0 aliphatic heterocycles. The number of aromatic nitrogens is 2. The summed E-state index contributed by atoms with van der Waals surface area (Å²) in [4.78, 5) is 40.7. The predicted octanol–water partition coefficient (Wildman–Crippen LogP) is 2.72. The number of nitrogens with one attached hydrogen (secondary N) is 4. The third-order valence-corrected chi connectivity index (χ3v) is 4.01. The molecule has 146 valence electrons. The number of carbonyl (C=O) groups excluding carboxylic acids is 2. The fraction of sp³-hybridized carbons (Fsp3) is 0.0500. The van der Waals surface area contributed by atoms with Gasteiger partial charge >= 0.3 is 5.69 Å². The van der Waals surface area contributed by atoms with E-state index in [4.69, 9.17) is 9.15 Å². The molecule has 0 saturated heterocycles. The van der Waals surface area contributed by atoms with Crippen molar-refractivity contribution >= 4 is 34.2 Å². The van der Waals surface area contributed by atoms with Crippen LogP contribution in [-0.4, -0.2) is 28.4 Å². The molecular weight excluding hydrogens is 376 g/mol. The van der Waals surface area contributed by atoms with Crippen molar-refractivity contribution in [3.05, 3.63) is 77.1 Å². The van der Waals surface area contributed by atoms with E-state index in [-0.39, 0.29) is 29.9 Å². The van der Waals surface area contributed by atoms with Gasteiger partial charge in [-0.3, -0.25) is 9.59 Å². The van der Waals surface area contributed by atoms with Crippen molar-refractivity contribution in [3.8, 4) is 5.75 Å². The molecule has 0 unspecified atom stereocenters. The fourth-order valence-electron chi connectivity index (χ4n) is 2.72. The van der Waals surface area contributed by atoms with Crippen LogP contribution in [-0.2, 0) is 4.79 Å². The van der Waals surface area contributed by atoms with E-state index in [0.29, 0.717) is 28.2 Å². The molecule has 0 saturated carbocycles. The van der Waals surface area contributed by atoms with E-state index in [0.717, 1.165) is 0 Å². The highest BCUT2D eigenvalue weighted by atomic mass is 16.5. The monoisotopic (exact) mass is 392 g/mol. The number of benzene rings is 2. The molecule has 2 heterocycles. The number of hydrogen-bond donors (Lipinski definition) is 4. The van der Waals surface area contributed by atoms with Gasteiger partial charge in [0.1, 0.15) is 5.75 Å². The van der Waals surface area contributed by atoms with E-state index in [1.807, 2.05) is 0 Å². The Morgan fingerprint density at radius 3 is 2.59 bits per heavy atom. The Morgan fingerprint density at radius 1 is 0.931 bits per heavy atom. The highest BCUT2D eigenvalue weighted by molar-refractivity contribution is 6.02. The molecule has 4 N–H and O–H groups in total. The molecule has 9 nitrogen and oxygen atoms in total. The first kappa shape index (κ1) is 18.1. The summed E-state index contributed by atoms with van der Waals surface area (Å²) in [6.45, 7) is -0.225.